The fourth-order valence-corrected chi connectivity index (χ4v) is 9.55. The van der Waals surface area contributed by atoms with E-state index in [1.807, 2.05) is 12.1 Å². The van der Waals surface area contributed by atoms with Crippen molar-refractivity contribution in [2.24, 2.45) is 0 Å². The molecule has 37 heavy (non-hydrogen) atoms. The van der Waals surface area contributed by atoms with Crippen LogP contribution >= 0.6 is 35.1 Å². The number of rotatable bonds is 6. The fourth-order valence-electron chi connectivity index (χ4n) is 5.11. The number of fused-ring (bicyclic) bond motifs is 2. The number of hydrogen-bond acceptors (Lipinski definition) is 5. The van der Waals surface area contributed by atoms with Crippen molar-refractivity contribution in [2.45, 2.75) is 74.8 Å². The molecule has 0 saturated carbocycles. The molecule has 3 nitrogen and oxygen atoms in total. The smallest absolute Gasteiger partial charge is 0.250 e. The largest absolute Gasteiger partial charge is 0.543 e. The second-order valence-corrected chi connectivity index (χ2v) is 20.1. The normalized spacial score (nSPS) is 21.2. The van der Waals surface area contributed by atoms with Crippen molar-refractivity contribution in [3.8, 4) is 17.2 Å². The van der Waals surface area contributed by atoms with E-state index in [-0.39, 0.29) is 15.2 Å². The van der Waals surface area contributed by atoms with Crippen molar-refractivity contribution < 1.29 is 13.9 Å². The van der Waals surface area contributed by atoms with Crippen LogP contribution in [0.25, 0.3) is 5.57 Å². The van der Waals surface area contributed by atoms with E-state index in [0.29, 0.717) is 12.5 Å². The summed E-state index contributed by atoms with van der Waals surface area (Å²) in [4.78, 5) is 0. The van der Waals surface area contributed by atoms with Gasteiger partial charge >= 0.3 is 0 Å². The second kappa shape index (κ2) is 10.7. The highest BCUT2D eigenvalue weighted by atomic mass is 35.5. The lowest BCUT2D eigenvalue weighted by molar-refractivity contribution is 0.228. The van der Waals surface area contributed by atoms with Crippen molar-refractivity contribution in [2.75, 3.05) is 24.0 Å². The summed E-state index contributed by atoms with van der Waals surface area (Å²) in [5, 5.41) is 0.141. The van der Waals surface area contributed by atoms with E-state index >= 15 is 0 Å². The van der Waals surface area contributed by atoms with E-state index in [9.17, 15) is 0 Å². The molecule has 1 atom stereocenters. The summed E-state index contributed by atoms with van der Waals surface area (Å²) in [5.74, 6) is 5.72. The zero-order chi connectivity index (χ0) is 26.3. The molecule has 1 unspecified atom stereocenters. The van der Waals surface area contributed by atoms with Crippen LogP contribution < -0.4 is 13.9 Å². The molecule has 2 aliphatic heterocycles. The highest BCUT2D eigenvalue weighted by Gasteiger charge is 2.44. The molecule has 1 aliphatic carbocycles. The van der Waals surface area contributed by atoms with Crippen LogP contribution in [0.5, 0.6) is 17.2 Å². The summed E-state index contributed by atoms with van der Waals surface area (Å²) in [5.41, 5.74) is 5.35. The van der Waals surface area contributed by atoms with Gasteiger partial charge in [-0.05, 0) is 96.3 Å². The third-order valence-corrected chi connectivity index (χ3v) is 16.1. The first-order chi connectivity index (χ1) is 17.6. The molecule has 1 fully saturated rings. The maximum Gasteiger partial charge on any atom is 0.250 e. The van der Waals surface area contributed by atoms with Gasteiger partial charge < -0.3 is 13.9 Å². The molecule has 0 radical (unpaired) electrons. The van der Waals surface area contributed by atoms with Gasteiger partial charge in [-0.25, -0.2) is 0 Å². The molecule has 0 amide bonds. The molecule has 1 saturated heterocycles. The Hall–Kier alpha value is -1.21. The molecule has 0 N–H and O–H groups in total. The highest BCUT2D eigenvalue weighted by Crippen LogP contribution is 2.59. The predicted molar refractivity (Wildman–Crippen MR) is 163 cm³/mol. The lowest BCUT2D eigenvalue weighted by atomic mass is 9.80. The van der Waals surface area contributed by atoms with Gasteiger partial charge in [0.05, 0.1) is 9.96 Å². The third-order valence-electron chi connectivity index (χ3n) is 8.17. The minimum Gasteiger partial charge on any atom is -0.543 e. The molecule has 2 heterocycles. The van der Waals surface area contributed by atoms with E-state index in [1.165, 1.54) is 46.6 Å². The Morgan fingerprint density at radius 2 is 1.76 bits per heavy atom. The molecule has 200 valence electrons. The molecule has 0 aromatic heterocycles. The van der Waals surface area contributed by atoms with Gasteiger partial charge in [-0.15, -0.1) is 35.1 Å². The third kappa shape index (κ3) is 5.73. The average Bonchev–Trinajstić information content (AvgIpc) is 2.87. The summed E-state index contributed by atoms with van der Waals surface area (Å²) >= 11 is 10.2. The summed E-state index contributed by atoms with van der Waals surface area (Å²) < 4.78 is 19.6. The summed E-state index contributed by atoms with van der Waals surface area (Å²) in [6, 6.07) is 14.9. The van der Waals surface area contributed by atoms with Crippen molar-refractivity contribution in [3.05, 3.63) is 59.2 Å². The Balaban J connectivity index is 1.51. The SMILES string of the molecule is CC(C)(C)[Si](C)(C)Oc1ccc2c(c1)OC(c1ccc(OCCCl)cc1)C1=C2CCC2(C1)SCCCS2. The minimum atomic E-state index is -1.95. The summed E-state index contributed by atoms with van der Waals surface area (Å²) in [7, 11) is -1.95. The topological polar surface area (TPSA) is 27.7 Å². The summed E-state index contributed by atoms with van der Waals surface area (Å²) in [6.07, 6.45) is 4.62. The predicted octanol–water partition coefficient (Wildman–Crippen LogP) is 9.33. The van der Waals surface area contributed by atoms with Crippen molar-refractivity contribution >= 4 is 49.0 Å². The number of alkyl halides is 1. The van der Waals surface area contributed by atoms with Gasteiger partial charge in [0.1, 0.15) is 30.0 Å². The Kier molecular flexibility index (Phi) is 7.95. The van der Waals surface area contributed by atoms with Crippen LogP contribution in [0, 0.1) is 0 Å². The second-order valence-electron chi connectivity index (χ2n) is 11.8. The van der Waals surface area contributed by atoms with E-state index in [1.54, 1.807) is 0 Å². The zero-order valence-electron chi connectivity index (χ0n) is 22.7. The van der Waals surface area contributed by atoms with Gasteiger partial charge in [-0.1, -0.05) is 32.9 Å². The van der Waals surface area contributed by atoms with Crippen molar-refractivity contribution in [1.82, 2.24) is 0 Å². The molecule has 3 aliphatic rings. The minimum absolute atomic E-state index is 0.0898. The van der Waals surface area contributed by atoms with Crippen LogP contribution in [0.4, 0.5) is 0 Å². The molecule has 7 heteroatoms. The number of hydrogen-bond donors (Lipinski definition) is 0. The van der Waals surface area contributed by atoms with Gasteiger partial charge in [-0.2, -0.15) is 0 Å². The number of allylic oxidation sites excluding steroid dienone is 1. The van der Waals surface area contributed by atoms with Gasteiger partial charge in [0.15, 0.2) is 0 Å². The Morgan fingerprint density at radius 3 is 2.43 bits per heavy atom. The molecule has 2 aromatic carbocycles. The monoisotopic (exact) mass is 574 g/mol. The van der Waals surface area contributed by atoms with Crippen LogP contribution in [-0.4, -0.2) is 36.4 Å². The lowest BCUT2D eigenvalue weighted by Crippen LogP contribution is -2.43. The van der Waals surface area contributed by atoms with Gasteiger partial charge in [-0.3, -0.25) is 0 Å². The zero-order valence-corrected chi connectivity index (χ0v) is 26.1. The quantitative estimate of drug-likeness (QED) is 0.253. The molecule has 2 aromatic rings. The Morgan fingerprint density at radius 1 is 1.05 bits per heavy atom. The first-order valence-electron chi connectivity index (χ1n) is 13.4. The maximum absolute atomic E-state index is 6.88. The van der Waals surface area contributed by atoms with Gasteiger partial charge in [0.2, 0.25) is 8.32 Å². The van der Waals surface area contributed by atoms with Crippen LogP contribution in [0.15, 0.2) is 48.0 Å². The molecular formula is C30H39ClO3S2Si. The Labute approximate surface area is 237 Å². The first kappa shape index (κ1) is 27.4. The standard InChI is InChI=1S/C30H39ClO3S2Si/c1-29(2,3)37(4,5)34-23-11-12-25-24-13-14-30(35-17-6-18-36-30)20-26(24)28(33-27(25)19-23)21-7-9-22(10-8-21)32-16-15-31/h7-12,19,28H,6,13-18,20H2,1-5H3. The fraction of sp³-hybridized carbons (Fsp3) is 0.533. The van der Waals surface area contributed by atoms with E-state index < -0.39 is 8.32 Å². The number of ether oxygens (including phenoxy) is 2. The van der Waals surface area contributed by atoms with Crippen molar-refractivity contribution in [1.29, 1.82) is 0 Å². The van der Waals surface area contributed by atoms with Crippen LogP contribution in [0.1, 0.15) is 63.7 Å². The van der Waals surface area contributed by atoms with Crippen molar-refractivity contribution in [3.63, 3.8) is 0 Å². The highest BCUT2D eigenvalue weighted by molar-refractivity contribution is 8.18. The summed E-state index contributed by atoms with van der Waals surface area (Å²) in [6.45, 7) is 11.9. The first-order valence-corrected chi connectivity index (χ1v) is 18.8. The molecule has 5 rings (SSSR count). The van der Waals surface area contributed by atoms with E-state index in [4.69, 9.17) is 25.5 Å². The molecular weight excluding hydrogens is 536 g/mol. The maximum atomic E-state index is 6.88. The van der Waals surface area contributed by atoms with Gasteiger partial charge in [0, 0.05) is 11.6 Å². The lowest BCUT2D eigenvalue weighted by Gasteiger charge is -2.44. The van der Waals surface area contributed by atoms with E-state index in [2.05, 4.69) is 87.7 Å². The van der Waals surface area contributed by atoms with Crippen LogP contribution in [0.3, 0.4) is 0 Å². The van der Waals surface area contributed by atoms with Crippen LogP contribution in [0.2, 0.25) is 18.1 Å². The Bertz CT molecular complexity index is 1150. The number of benzene rings is 2. The molecule has 0 bridgehead atoms. The average molecular weight is 575 g/mol. The molecule has 1 spiro atoms. The van der Waals surface area contributed by atoms with Crippen LogP contribution in [-0.2, 0) is 0 Å². The van der Waals surface area contributed by atoms with E-state index in [0.717, 1.165) is 30.1 Å². The van der Waals surface area contributed by atoms with Gasteiger partial charge in [0.25, 0.3) is 0 Å². The number of thioether (sulfide) groups is 2. The number of halogens is 1.